The smallest absolute Gasteiger partial charge is 0.363 e. The van der Waals surface area contributed by atoms with Gasteiger partial charge in [0.05, 0.1) is 5.69 Å². The summed E-state index contributed by atoms with van der Waals surface area (Å²) in [4.78, 5) is 29.1. The lowest BCUT2D eigenvalue weighted by atomic mass is 10.2. The minimum Gasteiger partial charge on any atom is -0.455 e. The Kier molecular flexibility index (Phi) is 2.93. The maximum atomic E-state index is 11.5. The number of hydrogen-bond acceptors (Lipinski definition) is 4. The van der Waals surface area contributed by atoms with E-state index in [9.17, 15) is 9.59 Å². The molecule has 5 heteroatoms. The van der Waals surface area contributed by atoms with E-state index in [2.05, 4.69) is 9.97 Å². The molecule has 0 unspecified atom stereocenters. The van der Waals surface area contributed by atoms with Gasteiger partial charge >= 0.3 is 5.97 Å². The van der Waals surface area contributed by atoms with E-state index in [1.165, 1.54) is 6.20 Å². The molecule has 0 radical (unpaired) electrons. The number of H-pyrrole nitrogens is 1. The summed E-state index contributed by atoms with van der Waals surface area (Å²) in [5.41, 5.74) is -0.801. The molecule has 1 heterocycles. The van der Waals surface area contributed by atoms with Crippen molar-refractivity contribution in [3.63, 3.8) is 0 Å². The summed E-state index contributed by atoms with van der Waals surface area (Å²) in [6.45, 7) is 6.88. The van der Waals surface area contributed by atoms with Crippen LogP contribution in [-0.2, 0) is 4.74 Å². The number of aromatic amines is 1. The van der Waals surface area contributed by atoms with Crippen LogP contribution in [0.15, 0.2) is 11.0 Å². The Labute approximate surface area is 87.5 Å². The summed E-state index contributed by atoms with van der Waals surface area (Å²) in [5.74, 6) is -0.701. The second-order valence-electron chi connectivity index (χ2n) is 4.22. The molecule has 0 bridgehead atoms. The highest BCUT2D eigenvalue weighted by Gasteiger charge is 2.21. The van der Waals surface area contributed by atoms with Crippen LogP contribution in [0, 0.1) is 6.92 Å². The SMILES string of the molecule is Cc1c[nH]c(=O)c(C(=O)OC(C)(C)C)n1. The molecule has 1 N–H and O–H groups in total. The number of carbonyl (C=O) groups excluding carboxylic acids is 1. The van der Waals surface area contributed by atoms with Crippen molar-refractivity contribution in [1.29, 1.82) is 0 Å². The van der Waals surface area contributed by atoms with Gasteiger partial charge in [-0.05, 0) is 27.7 Å². The van der Waals surface area contributed by atoms with E-state index in [0.717, 1.165) is 0 Å². The summed E-state index contributed by atoms with van der Waals surface area (Å²) >= 11 is 0. The molecule has 0 aliphatic carbocycles. The van der Waals surface area contributed by atoms with E-state index in [0.29, 0.717) is 5.69 Å². The summed E-state index contributed by atoms with van der Waals surface area (Å²) in [6.07, 6.45) is 1.44. The fourth-order valence-electron chi connectivity index (χ4n) is 0.963. The van der Waals surface area contributed by atoms with E-state index in [1.807, 2.05) is 0 Å². The number of carbonyl (C=O) groups is 1. The maximum absolute atomic E-state index is 11.5. The first-order valence-corrected chi connectivity index (χ1v) is 4.59. The van der Waals surface area contributed by atoms with Crippen molar-refractivity contribution in [2.75, 3.05) is 0 Å². The van der Waals surface area contributed by atoms with Crippen LogP contribution in [-0.4, -0.2) is 21.5 Å². The van der Waals surface area contributed by atoms with Crippen LogP contribution < -0.4 is 5.56 Å². The Bertz CT molecular complexity index is 429. The Morgan fingerprint density at radius 3 is 2.60 bits per heavy atom. The van der Waals surface area contributed by atoms with Crippen molar-refractivity contribution in [3.8, 4) is 0 Å². The Morgan fingerprint density at radius 2 is 2.07 bits per heavy atom. The third kappa shape index (κ3) is 3.19. The van der Waals surface area contributed by atoms with Gasteiger partial charge in [0.25, 0.3) is 5.56 Å². The predicted octanol–water partition coefficient (Wildman–Crippen LogP) is 1.03. The number of nitrogens with zero attached hydrogens (tertiary/aromatic N) is 1. The Hall–Kier alpha value is -1.65. The average molecular weight is 210 g/mol. The van der Waals surface area contributed by atoms with E-state index < -0.39 is 17.1 Å². The zero-order valence-electron chi connectivity index (χ0n) is 9.25. The zero-order chi connectivity index (χ0) is 11.6. The summed E-state index contributed by atoms with van der Waals surface area (Å²) in [6, 6.07) is 0. The molecule has 0 aliphatic rings. The minimum absolute atomic E-state index is 0.204. The molecule has 0 fully saturated rings. The van der Waals surface area contributed by atoms with Crippen molar-refractivity contribution >= 4 is 5.97 Å². The molecular weight excluding hydrogens is 196 g/mol. The van der Waals surface area contributed by atoms with Crippen molar-refractivity contribution in [3.05, 3.63) is 27.9 Å². The lowest BCUT2D eigenvalue weighted by Gasteiger charge is -2.18. The predicted molar refractivity (Wildman–Crippen MR) is 54.8 cm³/mol. The van der Waals surface area contributed by atoms with Gasteiger partial charge in [-0.25, -0.2) is 9.78 Å². The third-order valence-electron chi connectivity index (χ3n) is 1.51. The highest BCUT2D eigenvalue weighted by molar-refractivity contribution is 5.87. The van der Waals surface area contributed by atoms with Crippen molar-refractivity contribution < 1.29 is 9.53 Å². The number of esters is 1. The molecule has 1 rings (SSSR count). The van der Waals surface area contributed by atoms with Crippen LogP contribution in [0.3, 0.4) is 0 Å². The number of aromatic nitrogens is 2. The van der Waals surface area contributed by atoms with Gasteiger partial charge in [-0.1, -0.05) is 0 Å². The lowest BCUT2D eigenvalue weighted by Crippen LogP contribution is -2.29. The van der Waals surface area contributed by atoms with Crippen LogP contribution in [0.4, 0.5) is 0 Å². The van der Waals surface area contributed by atoms with Gasteiger partial charge in [0, 0.05) is 6.20 Å². The Balaban J connectivity index is 3.02. The van der Waals surface area contributed by atoms with Gasteiger partial charge < -0.3 is 9.72 Å². The number of hydrogen-bond donors (Lipinski definition) is 1. The Morgan fingerprint density at radius 1 is 1.47 bits per heavy atom. The van der Waals surface area contributed by atoms with Crippen LogP contribution in [0.2, 0.25) is 0 Å². The topological polar surface area (TPSA) is 72.0 Å². The molecule has 1 aromatic heterocycles. The first kappa shape index (κ1) is 11.4. The first-order chi connectivity index (χ1) is 6.79. The molecule has 1 aromatic rings. The molecule has 0 amide bonds. The molecule has 0 atom stereocenters. The minimum atomic E-state index is -0.701. The molecule has 82 valence electrons. The molecule has 0 saturated heterocycles. The standard InChI is InChI=1S/C10H14N2O3/c1-6-5-11-8(13)7(12-6)9(14)15-10(2,3)4/h5H,1-4H3,(H,11,13). The normalized spacial score (nSPS) is 11.2. The second-order valence-corrected chi connectivity index (χ2v) is 4.22. The molecule has 0 aromatic carbocycles. The quantitative estimate of drug-likeness (QED) is 0.703. The molecule has 0 spiro atoms. The average Bonchev–Trinajstić information content (AvgIpc) is 2.06. The number of ether oxygens (including phenoxy) is 1. The second kappa shape index (κ2) is 3.84. The molecule has 5 nitrogen and oxygen atoms in total. The van der Waals surface area contributed by atoms with E-state index in [4.69, 9.17) is 4.74 Å². The van der Waals surface area contributed by atoms with Gasteiger partial charge in [0.2, 0.25) is 5.69 Å². The summed E-state index contributed by atoms with van der Waals surface area (Å²) < 4.78 is 5.04. The van der Waals surface area contributed by atoms with Gasteiger partial charge in [-0.2, -0.15) is 0 Å². The molecule has 0 saturated carbocycles. The maximum Gasteiger partial charge on any atom is 0.363 e. The molecule has 15 heavy (non-hydrogen) atoms. The number of nitrogens with one attached hydrogen (secondary N) is 1. The van der Waals surface area contributed by atoms with Crippen LogP contribution >= 0.6 is 0 Å². The molecule has 0 aliphatic heterocycles. The van der Waals surface area contributed by atoms with Crippen molar-refractivity contribution in [2.24, 2.45) is 0 Å². The number of rotatable bonds is 1. The first-order valence-electron chi connectivity index (χ1n) is 4.59. The van der Waals surface area contributed by atoms with Crippen LogP contribution in [0.25, 0.3) is 0 Å². The monoisotopic (exact) mass is 210 g/mol. The van der Waals surface area contributed by atoms with Gasteiger partial charge in [-0.3, -0.25) is 4.79 Å². The third-order valence-corrected chi connectivity index (χ3v) is 1.51. The van der Waals surface area contributed by atoms with E-state index in [-0.39, 0.29) is 5.69 Å². The largest absolute Gasteiger partial charge is 0.455 e. The van der Waals surface area contributed by atoms with Crippen molar-refractivity contribution in [2.45, 2.75) is 33.3 Å². The zero-order valence-corrected chi connectivity index (χ0v) is 9.25. The fraction of sp³-hybridized carbons (Fsp3) is 0.500. The van der Waals surface area contributed by atoms with Gasteiger partial charge in [0.15, 0.2) is 0 Å². The highest BCUT2D eigenvalue weighted by atomic mass is 16.6. The molecular formula is C10H14N2O3. The highest BCUT2D eigenvalue weighted by Crippen LogP contribution is 2.08. The lowest BCUT2D eigenvalue weighted by molar-refractivity contribution is 0.00603. The van der Waals surface area contributed by atoms with Crippen LogP contribution in [0.5, 0.6) is 0 Å². The fourth-order valence-corrected chi connectivity index (χ4v) is 0.963. The van der Waals surface area contributed by atoms with E-state index >= 15 is 0 Å². The van der Waals surface area contributed by atoms with Crippen molar-refractivity contribution in [1.82, 2.24) is 9.97 Å². The summed E-state index contributed by atoms with van der Waals surface area (Å²) in [7, 11) is 0. The van der Waals surface area contributed by atoms with Crippen LogP contribution in [0.1, 0.15) is 37.0 Å². The van der Waals surface area contributed by atoms with Gasteiger partial charge in [-0.15, -0.1) is 0 Å². The van der Waals surface area contributed by atoms with E-state index in [1.54, 1.807) is 27.7 Å². The number of aryl methyl sites for hydroxylation is 1. The summed E-state index contributed by atoms with van der Waals surface area (Å²) in [5, 5.41) is 0. The van der Waals surface area contributed by atoms with Gasteiger partial charge in [0.1, 0.15) is 5.60 Å².